The molecular weight excluding hydrogens is 304 g/mol. The number of thiophene rings is 1. The third-order valence-electron chi connectivity index (χ3n) is 3.32. The number of benzene rings is 3. The highest BCUT2D eigenvalue weighted by atomic mass is 79.9. The fourth-order valence-electron chi connectivity index (χ4n) is 2.45. The van der Waals surface area contributed by atoms with Gasteiger partial charge in [-0.25, -0.2) is 0 Å². The highest BCUT2D eigenvalue weighted by Gasteiger charge is 2.08. The van der Waals surface area contributed by atoms with Crippen molar-refractivity contribution in [2.75, 3.05) is 0 Å². The van der Waals surface area contributed by atoms with E-state index in [0.29, 0.717) is 0 Å². The summed E-state index contributed by atoms with van der Waals surface area (Å²) in [6.07, 6.45) is 0. The minimum atomic E-state index is 1.19. The fourth-order valence-corrected chi connectivity index (χ4v) is 4.20. The summed E-state index contributed by atoms with van der Waals surface area (Å²) in [5.41, 5.74) is 0. The second-order valence-corrected chi connectivity index (χ2v) is 6.32. The second-order valence-electron chi connectivity index (χ2n) is 4.41. The van der Waals surface area contributed by atoms with E-state index in [-0.39, 0.29) is 0 Å². The summed E-state index contributed by atoms with van der Waals surface area (Å²) < 4.78 is 3.88. The van der Waals surface area contributed by atoms with Gasteiger partial charge in [0.25, 0.3) is 0 Å². The van der Waals surface area contributed by atoms with E-state index in [2.05, 4.69) is 70.5 Å². The summed E-state index contributed by atoms with van der Waals surface area (Å²) in [5, 5.41) is 5.32. The highest BCUT2D eigenvalue weighted by Crippen LogP contribution is 2.39. The summed E-state index contributed by atoms with van der Waals surface area (Å²) >= 11 is 5.50. The van der Waals surface area contributed by atoms with Crippen molar-refractivity contribution in [1.29, 1.82) is 0 Å². The molecule has 2 heteroatoms. The van der Waals surface area contributed by atoms with Gasteiger partial charge >= 0.3 is 0 Å². The first-order valence-electron chi connectivity index (χ1n) is 5.82. The molecule has 0 saturated heterocycles. The average Bonchev–Trinajstić information content (AvgIpc) is 2.76. The summed E-state index contributed by atoms with van der Waals surface area (Å²) in [4.78, 5) is 0. The van der Waals surface area contributed by atoms with Gasteiger partial charge in [0.2, 0.25) is 0 Å². The van der Waals surface area contributed by atoms with Gasteiger partial charge in [0.05, 0.1) is 0 Å². The van der Waals surface area contributed by atoms with Crippen molar-refractivity contribution in [1.82, 2.24) is 0 Å². The van der Waals surface area contributed by atoms with Gasteiger partial charge in [0.1, 0.15) is 0 Å². The molecule has 18 heavy (non-hydrogen) atoms. The van der Waals surface area contributed by atoms with Gasteiger partial charge in [0.15, 0.2) is 0 Å². The van der Waals surface area contributed by atoms with Gasteiger partial charge < -0.3 is 0 Å². The molecule has 0 aliphatic rings. The fraction of sp³-hybridized carbons (Fsp3) is 0. The molecule has 3 aromatic carbocycles. The lowest BCUT2D eigenvalue weighted by atomic mass is 10.1. The van der Waals surface area contributed by atoms with Gasteiger partial charge in [-0.15, -0.1) is 11.3 Å². The Balaban J connectivity index is 2.27. The van der Waals surface area contributed by atoms with E-state index in [1.54, 1.807) is 0 Å². The summed E-state index contributed by atoms with van der Waals surface area (Å²) in [7, 11) is 0. The first-order valence-corrected chi connectivity index (χ1v) is 7.43. The monoisotopic (exact) mass is 312 g/mol. The Kier molecular flexibility index (Phi) is 2.23. The quantitative estimate of drug-likeness (QED) is 0.375. The van der Waals surface area contributed by atoms with Crippen molar-refractivity contribution in [3.63, 3.8) is 0 Å². The molecule has 0 aliphatic heterocycles. The normalized spacial score (nSPS) is 11.6. The Bertz CT molecular complexity index is 889. The van der Waals surface area contributed by atoms with E-state index in [9.17, 15) is 0 Å². The van der Waals surface area contributed by atoms with Crippen LogP contribution in [0.25, 0.3) is 30.9 Å². The van der Waals surface area contributed by atoms with Crippen LogP contribution in [0, 0.1) is 0 Å². The van der Waals surface area contributed by atoms with Gasteiger partial charge in [-0.05, 0) is 44.9 Å². The van der Waals surface area contributed by atoms with Crippen LogP contribution in [0.15, 0.2) is 59.1 Å². The van der Waals surface area contributed by atoms with Gasteiger partial charge in [0, 0.05) is 24.6 Å². The van der Waals surface area contributed by atoms with Crippen LogP contribution in [-0.2, 0) is 0 Å². The number of fused-ring (bicyclic) bond motifs is 4. The van der Waals surface area contributed by atoms with Crippen LogP contribution in [0.1, 0.15) is 0 Å². The predicted molar refractivity (Wildman–Crippen MR) is 84.5 cm³/mol. The lowest BCUT2D eigenvalue weighted by molar-refractivity contribution is 1.80. The van der Waals surface area contributed by atoms with E-state index in [1.165, 1.54) is 35.4 Å². The molecule has 0 radical (unpaired) electrons. The first kappa shape index (κ1) is 10.5. The minimum Gasteiger partial charge on any atom is -0.134 e. The van der Waals surface area contributed by atoms with Crippen molar-refractivity contribution >= 4 is 58.2 Å². The first-order chi connectivity index (χ1) is 8.83. The number of hydrogen-bond acceptors (Lipinski definition) is 1. The minimum absolute atomic E-state index is 1.19. The van der Waals surface area contributed by atoms with Crippen LogP contribution in [0.4, 0.5) is 0 Å². The standard InChI is InChI=1S/C16H9BrS/c17-14-7-3-6-12-13-8-10-4-1-2-5-11(10)9-15(13)18-16(12)14/h1-9H. The smallest absolute Gasteiger partial charge is 0.0497 e. The van der Waals surface area contributed by atoms with Gasteiger partial charge in [-0.1, -0.05) is 36.4 Å². The lowest BCUT2D eigenvalue weighted by Gasteiger charge is -1.98. The molecule has 0 spiro atoms. The maximum absolute atomic E-state index is 3.64. The van der Waals surface area contributed by atoms with Crippen LogP contribution < -0.4 is 0 Å². The molecular formula is C16H9BrS. The third kappa shape index (κ3) is 1.43. The number of hydrogen-bond donors (Lipinski definition) is 0. The number of rotatable bonds is 0. The van der Waals surface area contributed by atoms with Crippen LogP contribution in [0.3, 0.4) is 0 Å². The zero-order chi connectivity index (χ0) is 12.1. The van der Waals surface area contributed by atoms with Gasteiger partial charge in [-0.3, -0.25) is 0 Å². The molecule has 0 bridgehead atoms. The van der Waals surface area contributed by atoms with Crippen LogP contribution in [-0.4, -0.2) is 0 Å². The average molecular weight is 313 g/mol. The Labute approximate surface area is 117 Å². The van der Waals surface area contributed by atoms with Crippen molar-refractivity contribution in [2.45, 2.75) is 0 Å². The zero-order valence-corrected chi connectivity index (χ0v) is 11.9. The number of halogens is 1. The van der Waals surface area contributed by atoms with Gasteiger partial charge in [-0.2, -0.15) is 0 Å². The molecule has 0 N–H and O–H groups in total. The van der Waals surface area contributed by atoms with Crippen molar-refractivity contribution in [2.24, 2.45) is 0 Å². The molecule has 0 aliphatic carbocycles. The largest absolute Gasteiger partial charge is 0.134 e. The maximum atomic E-state index is 3.64. The predicted octanol–water partition coefficient (Wildman–Crippen LogP) is 5.97. The summed E-state index contributed by atoms with van der Waals surface area (Å²) in [6, 6.07) is 19.6. The molecule has 0 fully saturated rings. The Hall–Kier alpha value is -1.38. The lowest BCUT2D eigenvalue weighted by Crippen LogP contribution is -1.71. The molecule has 0 unspecified atom stereocenters. The van der Waals surface area contributed by atoms with Crippen LogP contribution in [0.2, 0.25) is 0 Å². The molecule has 4 aromatic rings. The van der Waals surface area contributed by atoms with E-state index in [0.717, 1.165) is 0 Å². The highest BCUT2D eigenvalue weighted by molar-refractivity contribution is 9.10. The van der Waals surface area contributed by atoms with Crippen molar-refractivity contribution in [3.8, 4) is 0 Å². The van der Waals surface area contributed by atoms with Crippen molar-refractivity contribution in [3.05, 3.63) is 59.1 Å². The Morgan fingerprint density at radius 1 is 0.778 bits per heavy atom. The summed E-state index contributed by atoms with van der Waals surface area (Å²) in [6.45, 7) is 0. The topological polar surface area (TPSA) is 0 Å². The molecule has 0 saturated carbocycles. The molecule has 4 rings (SSSR count). The summed E-state index contributed by atoms with van der Waals surface area (Å²) in [5.74, 6) is 0. The molecule has 0 atom stereocenters. The molecule has 0 amide bonds. The molecule has 1 heterocycles. The second kappa shape index (κ2) is 3.81. The van der Waals surface area contributed by atoms with E-state index in [1.807, 2.05) is 11.3 Å². The van der Waals surface area contributed by atoms with Crippen molar-refractivity contribution < 1.29 is 0 Å². The van der Waals surface area contributed by atoms with E-state index >= 15 is 0 Å². The van der Waals surface area contributed by atoms with Crippen LogP contribution in [0.5, 0.6) is 0 Å². The third-order valence-corrected chi connectivity index (χ3v) is 5.44. The van der Waals surface area contributed by atoms with Crippen LogP contribution >= 0.6 is 27.3 Å². The molecule has 1 aromatic heterocycles. The zero-order valence-electron chi connectivity index (χ0n) is 9.48. The SMILES string of the molecule is Brc1cccc2c1sc1cc3ccccc3cc12. The maximum Gasteiger partial charge on any atom is 0.0497 e. The van der Waals surface area contributed by atoms with E-state index < -0.39 is 0 Å². The van der Waals surface area contributed by atoms with E-state index in [4.69, 9.17) is 0 Å². The molecule has 0 nitrogen and oxygen atoms in total. The Morgan fingerprint density at radius 3 is 2.39 bits per heavy atom. The Morgan fingerprint density at radius 2 is 1.56 bits per heavy atom. The molecule has 86 valence electrons.